The highest BCUT2D eigenvalue weighted by atomic mass is 16.1. The van der Waals surface area contributed by atoms with Gasteiger partial charge in [0.05, 0.1) is 17.4 Å². The Morgan fingerprint density at radius 1 is 1.33 bits per heavy atom. The highest BCUT2D eigenvalue weighted by Crippen LogP contribution is 2.18. The smallest absolute Gasteiger partial charge is 0.263 e. The van der Waals surface area contributed by atoms with Gasteiger partial charge in [-0.3, -0.25) is 14.5 Å². The van der Waals surface area contributed by atoms with Crippen LogP contribution in [0.3, 0.4) is 0 Å². The Kier molecular flexibility index (Phi) is 3.90. The maximum atomic E-state index is 12.2. The van der Waals surface area contributed by atoms with E-state index in [0.717, 1.165) is 17.8 Å². The van der Waals surface area contributed by atoms with Gasteiger partial charge in [-0.2, -0.15) is 15.2 Å². The molecule has 0 atom stereocenters. The second-order valence-corrected chi connectivity index (χ2v) is 6.96. The molecule has 0 fully saturated rings. The largest absolute Gasteiger partial charge is 0.355 e. The number of anilines is 1. The number of nitrogens with one attached hydrogen (secondary N) is 2. The molecule has 0 saturated carbocycles. The summed E-state index contributed by atoms with van der Waals surface area (Å²) in [5.41, 5.74) is 2.28. The highest BCUT2D eigenvalue weighted by Gasteiger charge is 2.19. The van der Waals surface area contributed by atoms with E-state index < -0.39 is 0 Å². The van der Waals surface area contributed by atoms with Crippen LogP contribution < -0.4 is 10.9 Å². The fraction of sp³-hybridized carbons (Fsp3) is 0.500. The Balaban J connectivity index is 1.81. The molecule has 3 aromatic heterocycles. The topological polar surface area (TPSA) is 93.4 Å². The van der Waals surface area contributed by atoms with E-state index in [1.807, 2.05) is 39.4 Å². The van der Waals surface area contributed by atoms with E-state index in [9.17, 15) is 4.79 Å². The third kappa shape index (κ3) is 3.04. The average Bonchev–Trinajstić information content (AvgIpc) is 3.03. The number of H-pyrrole nitrogens is 1. The lowest BCUT2D eigenvalue weighted by molar-refractivity contribution is 0.366. The van der Waals surface area contributed by atoms with Crippen LogP contribution in [0.15, 0.2) is 17.1 Å². The third-order valence-corrected chi connectivity index (χ3v) is 3.91. The van der Waals surface area contributed by atoms with Gasteiger partial charge in [0.15, 0.2) is 5.65 Å². The van der Waals surface area contributed by atoms with Gasteiger partial charge in [0, 0.05) is 25.7 Å². The Morgan fingerprint density at radius 3 is 2.71 bits per heavy atom. The molecule has 0 aromatic carbocycles. The second-order valence-electron chi connectivity index (χ2n) is 6.96. The molecule has 0 radical (unpaired) electrons. The zero-order chi connectivity index (χ0) is 17.5. The second kappa shape index (κ2) is 5.77. The van der Waals surface area contributed by atoms with Gasteiger partial charge in [0.2, 0.25) is 5.95 Å². The van der Waals surface area contributed by atoms with Crippen LogP contribution >= 0.6 is 0 Å². The molecule has 2 N–H and O–H groups in total. The first-order valence-electron chi connectivity index (χ1n) is 7.97. The van der Waals surface area contributed by atoms with E-state index in [2.05, 4.69) is 31.5 Å². The average molecular weight is 329 g/mol. The van der Waals surface area contributed by atoms with Crippen LogP contribution in [0.5, 0.6) is 0 Å². The summed E-state index contributed by atoms with van der Waals surface area (Å²) in [4.78, 5) is 19.5. The third-order valence-electron chi connectivity index (χ3n) is 3.91. The van der Waals surface area contributed by atoms with Crippen molar-refractivity contribution in [3.8, 4) is 0 Å². The van der Waals surface area contributed by atoms with E-state index in [1.54, 1.807) is 10.9 Å². The summed E-state index contributed by atoms with van der Waals surface area (Å²) < 4.78 is 3.62. The van der Waals surface area contributed by atoms with E-state index >= 15 is 0 Å². The van der Waals surface area contributed by atoms with Crippen molar-refractivity contribution in [2.75, 3.05) is 11.9 Å². The number of nitrogens with zero attached hydrogens (tertiary/aromatic N) is 5. The van der Waals surface area contributed by atoms with Gasteiger partial charge >= 0.3 is 0 Å². The number of hydrogen-bond acceptors (Lipinski definition) is 5. The summed E-state index contributed by atoms with van der Waals surface area (Å²) in [5, 5.41) is 12.4. The van der Waals surface area contributed by atoms with Crippen LogP contribution in [0.25, 0.3) is 11.0 Å². The Hall–Kier alpha value is -2.64. The van der Waals surface area contributed by atoms with E-state index in [4.69, 9.17) is 0 Å². The number of rotatable bonds is 4. The molecule has 8 nitrogen and oxygen atoms in total. The lowest BCUT2D eigenvalue weighted by Gasteiger charge is -2.19. The SMILES string of the molecule is Cc1cc(CCNc2nc3c(cnn3C(C)(C)C)c(=O)[nH]2)nn1C. The van der Waals surface area contributed by atoms with Crippen LogP contribution in [0, 0.1) is 6.92 Å². The summed E-state index contributed by atoms with van der Waals surface area (Å²) in [5.74, 6) is 0.450. The zero-order valence-electron chi connectivity index (χ0n) is 14.7. The molecule has 0 aliphatic rings. The minimum atomic E-state index is -0.245. The Bertz CT molecular complexity index is 907. The molecule has 3 rings (SSSR count). The fourth-order valence-corrected chi connectivity index (χ4v) is 2.56. The lowest BCUT2D eigenvalue weighted by atomic mass is 10.1. The Morgan fingerprint density at radius 2 is 2.08 bits per heavy atom. The van der Waals surface area contributed by atoms with E-state index in [1.165, 1.54) is 0 Å². The highest BCUT2D eigenvalue weighted by molar-refractivity contribution is 5.74. The standard InChI is InChI=1S/C16H23N7O/c1-10-8-11(21-22(10)5)6-7-17-15-19-13-12(14(24)20-15)9-18-23(13)16(2,3)4/h8-9H,6-7H2,1-5H3,(H2,17,19,20,24). The maximum Gasteiger partial charge on any atom is 0.263 e. The monoisotopic (exact) mass is 329 g/mol. The van der Waals surface area contributed by atoms with Gasteiger partial charge in [-0.25, -0.2) is 4.68 Å². The molecule has 3 aromatic rings. The number of aromatic amines is 1. The maximum absolute atomic E-state index is 12.2. The van der Waals surface area contributed by atoms with Crippen LogP contribution in [-0.2, 0) is 19.0 Å². The number of fused-ring (bicyclic) bond motifs is 1. The molecule has 0 bridgehead atoms. The fourth-order valence-electron chi connectivity index (χ4n) is 2.56. The van der Waals surface area contributed by atoms with Crippen molar-refractivity contribution >= 4 is 17.0 Å². The van der Waals surface area contributed by atoms with Crippen molar-refractivity contribution in [1.82, 2.24) is 29.5 Å². The van der Waals surface area contributed by atoms with E-state index in [-0.39, 0.29) is 11.1 Å². The number of aryl methyl sites for hydroxylation is 2. The van der Waals surface area contributed by atoms with Crippen LogP contribution in [0.1, 0.15) is 32.2 Å². The molecule has 8 heteroatoms. The Labute approximate surface area is 139 Å². The van der Waals surface area contributed by atoms with Gasteiger partial charge < -0.3 is 5.32 Å². The molecule has 3 heterocycles. The molecule has 128 valence electrons. The number of hydrogen-bond donors (Lipinski definition) is 2. The van der Waals surface area contributed by atoms with Gasteiger partial charge in [-0.05, 0) is 33.8 Å². The van der Waals surface area contributed by atoms with Crippen molar-refractivity contribution in [1.29, 1.82) is 0 Å². The molecule has 0 saturated heterocycles. The van der Waals surface area contributed by atoms with Crippen LogP contribution in [0.4, 0.5) is 5.95 Å². The van der Waals surface area contributed by atoms with Gasteiger partial charge in [0.1, 0.15) is 5.39 Å². The van der Waals surface area contributed by atoms with Crippen molar-refractivity contribution < 1.29 is 0 Å². The first kappa shape index (κ1) is 16.2. The van der Waals surface area contributed by atoms with Gasteiger partial charge in [-0.1, -0.05) is 0 Å². The summed E-state index contributed by atoms with van der Waals surface area (Å²) in [6.07, 6.45) is 2.31. The van der Waals surface area contributed by atoms with Crippen molar-refractivity contribution in [3.63, 3.8) is 0 Å². The minimum Gasteiger partial charge on any atom is -0.355 e. The lowest BCUT2D eigenvalue weighted by Crippen LogP contribution is -2.24. The predicted molar refractivity (Wildman–Crippen MR) is 93.3 cm³/mol. The minimum absolute atomic E-state index is 0.188. The first-order valence-corrected chi connectivity index (χ1v) is 7.97. The predicted octanol–water partition coefficient (Wildman–Crippen LogP) is 1.57. The summed E-state index contributed by atoms with van der Waals surface area (Å²) in [7, 11) is 1.92. The molecular formula is C16H23N7O. The number of aromatic nitrogens is 6. The molecule has 24 heavy (non-hydrogen) atoms. The van der Waals surface area contributed by atoms with Crippen molar-refractivity contribution in [3.05, 3.63) is 34.0 Å². The quantitative estimate of drug-likeness (QED) is 0.758. The molecular weight excluding hydrogens is 306 g/mol. The molecule has 0 unspecified atom stereocenters. The van der Waals surface area contributed by atoms with Crippen LogP contribution in [0.2, 0.25) is 0 Å². The first-order chi connectivity index (χ1) is 11.3. The van der Waals surface area contributed by atoms with Crippen molar-refractivity contribution in [2.45, 2.75) is 39.7 Å². The zero-order valence-corrected chi connectivity index (χ0v) is 14.7. The molecule has 0 spiro atoms. The molecule has 0 aliphatic carbocycles. The molecule has 0 aliphatic heterocycles. The molecule has 0 amide bonds. The summed E-state index contributed by atoms with van der Waals surface area (Å²) in [6, 6.07) is 2.05. The van der Waals surface area contributed by atoms with E-state index in [0.29, 0.717) is 23.5 Å². The van der Waals surface area contributed by atoms with Crippen LogP contribution in [-0.4, -0.2) is 36.1 Å². The summed E-state index contributed by atoms with van der Waals surface area (Å²) >= 11 is 0. The van der Waals surface area contributed by atoms with Gasteiger partial charge in [-0.15, -0.1) is 0 Å². The summed E-state index contributed by atoms with van der Waals surface area (Å²) in [6.45, 7) is 8.73. The van der Waals surface area contributed by atoms with Gasteiger partial charge in [0.25, 0.3) is 5.56 Å². The van der Waals surface area contributed by atoms with Crippen molar-refractivity contribution in [2.24, 2.45) is 7.05 Å². The normalized spacial score (nSPS) is 12.0.